The van der Waals surface area contributed by atoms with Gasteiger partial charge in [0.05, 0.1) is 0 Å². The Labute approximate surface area is 118 Å². The van der Waals surface area contributed by atoms with Crippen LogP contribution in [0.5, 0.6) is 0 Å². The second-order valence-corrected chi connectivity index (χ2v) is 6.00. The molecule has 1 N–H and O–H groups in total. The zero-order valence-electron chi connectivity index (χ0n) is 10.7. The van der Waals surface area contributed by atoms with E-state index in [1.807, 2.05) is 6.21 Å². The van der Waals surface area contributed by atoms with Crippen LogP contribution in [0.3, 0.4) is 0 Å². The van der Waals surface area contributed by atoms with E-state index < -0.39 is 0 Å². The predicted octanol–water partition coefficient (Wildman–Crippen LogP) is 3.49. The van der Waals surface area contributed by atoms with Crippen molar-refractivity contribution < 1.29 is 4.79 Å². The number of halogens is 1. The third kappa shape index (κ3) is 2.81. The molecule has 2 bridgehead atoms. The Bertz CT molecular complexity index is 497. The molecule has 2 aliphatic rings. The van der Waals surface area contributed by atoms with Crippen molar-refractivity contribution in [3.63, 3.8) is 0 Å². The number of rotatable bonds is 3. The Hall–Kier alpha value is -1.35. The highest BCUT2D eigenvalue weighted by Crippen LogP contribution is 2.47. The van der Waals surface area contributed by atoms with Crippen molar-refractivity contribution in [2.45, 2.75) is 25.7 Å². The van der Waals surface area contributed by atoms with Crippen LogP contribution in [0.1, 0.15) is 36.0 Å². The van der Waals surface area contributed by atoms with Crippen molar-refractivity contribution >= 4 is 23.7 Å². The molecule has 0 aliphatic heterocycles. The Morgan fingerprint density at radius 1 is 1.26 bits per heavy atom. The van der Waals surface area contributed by atoms with Gasteiger partial charge in [0.15, 0.2) is 0 Å². The fourth-order valence-corrected chi connectivity index (χ4v) is 3.46. The Morgan fingerprint density at radius 3 is 2.68 bits per heavy atom. The van der Waals surface area contributed by atoms with Gasteiger partial charge >= 0.3 is 0 Å². The molecule has 1 aromatic rings. The van der Waals surface area contributed by atoms with Gasteiger partial charge in [-0.1, -0.05) is 18.0 Å². The molecule has 1 amide bonds. The lowest BCUT2D eigenvalue weighted by molar-refractivity contribution is 0.0955. The monoisotopic (exact) mass is 276 g/mol. The summed E-state index contributed by atoms with van der Waals surface area (Å²) < 4.78 is 0. The topological polar surface area (TPSA) is 41.5 Å². The molecular weight excluding hydrogens is 260 g/mol. The van der Waals surface area contributed by atoms with Gasteiger partial charge in [0, 0.05) is 16.8 Å². The molecule has 3 rings (SSSR count). The number of carbonyl (C=O) groups is 1. The summed E-state index contributed by atoms with van der Waals surface area (Å²) in [5, 5.41) is 4.74. The number of nitrogens with one attached hydrogen (secondary N) is 1. The van der Waals surface area contributed by atoms with Crippen LogP contribution in [-0.4, -0.2) is 12.1 Å². The summed E-state index contributed by atoms with van der Waals surface area (Å²) in [5.74, 6) is 2.06. The van der Waals surface area contributed by atoms with Crippen LogP contribution in [0.4, 0.5) is 0 Å². The summed E-state index contributed by atoms with van der Waals surface area (Å²) in [6, 6.07) is 6.81. The first kappa shape index (κ1) is 12.7. The number of hydrazone groups is 1. The third-order valence-corrected chi connectivity index (χ3v) is 4.58. The molecule has 2 fully saturated rings. The second-order valence-electron chi connectivity index (χ2n) is 5.56. The highest BCUT2D eigenvalue weighted by atomic mass is 35.5. The van der Waals surface area contributed by atoms with Gasteiger partial charge < -0.3 is 0 Å². The maximum atomic E-state index is 11.8. The third-order valence-electron chi connectivity index (χ3n) is 4.33. The fourth-order valence-electron chi connectivity index (χ4n) is 3.33. The van der Waals surface area contributed by atoms with Gasteiger partial charge in [0.2, 0.25) is 0 Å². The number of hydrogen-bond acceptors (Lipinski definition) is 2. The maximum Gasteiger partial charge on any atom is 0.271 e. The quantitative estimate of drug-likeness (QED) is 0.666. The molecule has 0 aromatic heterocycles. The van der Waals surface area contributed by atoms with Gasteiger partial charge in [-0.05, 0) is 61.3 Å². The average molecular weight is 277 g/mol. The molecule has 3 atom stereocenters. The first-order chi connectivity index (χ1) is 9.22. The molecule has 4 heteroatoms. The van der Waals surface area contributed by atoms with Crippen molar-refractivity contribution in [3.8, 4) is 0 Å². The molecule has 100 valence electrons. The van der Waals surface area contributed by atoms with E-state index in [4.69, 9.17) is 11.6 Å². The van der Waals surface area contributed by atoms with Crippen molar-refractivity contribution in [3.05, 3.63) is 34.9 Å². The maximum absolute atomic E-state index is 11.8. The summed E-state index contributed by atoms with van der Waals surface area (Å²) in [5.41, 5.74) is 3.17. The van der Waals surface area contributed by atoms with E-state index in [-0.39, 0.29) is 5.91 Å². The predicted molar refractivity (Wildman–Crippen MR) is 76.3 cm³/mol. The summed E-state index contributed by atoms with van der Waals surface area (Å²) >= 11 is 5.78. The molecule has 0 radical (unpaired) electrons. The number of carbonyl (C=O) groups excluding carboxylic acids is 1. The largest absolute Gasteiger partial charge is 0.271 e. The molecule has 0 saturated heterocycles. The summed E-state index contributed by atoms with van der Waals surface area (Å²) in [7, 11) is 0. The SMILES string of the molecule is O=C(N/N=C\[C@@H]1C[C@H]2CC[C@@H]1C2)c1ccc(Cl)cc1. The highest BCUT2D eigenvalue weighted by molar-refractivity contribution is 6.30. The summed E-state index contributed by atoms with van der Waals surface area (Å²) in [6.45, 7) is 0. The normalized spacial score (nSPS) is 29.0. The Kier molecular flexibility index (Phi) is 3.56. The van der Waals surface area contributed by atoms with Crippen LogP contribution in [0, 0.1) is 17.8 Å². The minimum absolute atomic E-state index is 0.184. The van der Waals surface area contributed by atoms with E-state index >= 15 is 0 Å². The minimum atomic E-state index is -0.184. The Morgan fingerprint density at radius 2 is 2.05 bits per heavy atom. The van der Waals surface area contributed by atoms with Crippen molar-refractivity contribution in [1.82, 2.24) is 5.43 Å². The first-order valence-corrected chi connectivity index (χ1v) is 7.19. The minimum Gasteiger partial charge on any atom is -0.267 e. The Balaban J connectivity index is 1.54. The van der Waals surface area contributed by atoms with Gasteiger partial charge in [-0.2, -0.15) is 5.10 Å². The fraction of sp³-hybridized carbons (Fsp3) is 0.467. The van der Waals surface area contributed by atoms with Crippen molar-refractivity contribution in [2.24, 2.45) is 22.9 Å². The molecule has 1 aromatic carbocycles. The van der Waals surface area contributed by atoms with E-state index in [0.717, 1.165) is 11.8 Å². The van der Waals surface area contributed by atoms with E-state index in [2.05, 4.69) is 10.5 Å². The first-order valence-electron chi connectivity index (χ1n) is 6.81. The van der Waals surface area contributed by atoms with E-state index in [9.17, 15) is 4.79 Å². The summed E-state index contributed by atoms with van der Waals surface area (Å²) in [4.78, 5) is 11.8. The van der Waals surface area contributed by atoms with Crippen LogP contribution >= 0.6 is 11.6 Å². The molecule has 0 spiro atoms. The van der Waals surface area contributed by atoms with Crippen LogP contribution in [0.25, 0.3) is 0 Å². The smallest absolute Gasteiger partial charge is 0.267 e. The lowest BCUT2D eigenvalue weighted by Gasteiger charge is -2.16. The number of benzene rings is 1. The molecule has 2 aliphatic carbocycles. The second kappa shape index (κ2) is 5.33. The number of amides is 1. The van der Waals surface area contributed by atoms with E-state index in [0.29, 0.717) is 16.5 Å². The van der Waals surface area contributed by atoms with Gasteiger partial charge in [0.1, 0.15) is 0 Å². The van der Waals surface area contributed by atoms with Gasteiger partial charge in [-0.3, -0.25) is 4.79 Å². The molecule has 3 nitrogen and oxygen atoms in total. The molecule has 19 heavy (non-hydrogen) atoms. The number of hydrogen-bond donors (Lipinski definition) is 1. The zero-order chi connectivity index (χ0) is 13.2. The molecule has 2 saturated carbocycles. The highest BCUT2D eigenvalue weighted by Gasteiger charge is 2.38. The van der Waals surface area contributed by atoms with E-state index in [1.54, 1.807) is 24.3 Å². The summed E-state index contributed by atoms with van der Waals surface area (Å²) in [6.07, 6.45) is 7.23. The number of fused-ring (bicyclic) bond motifs is 2. The lowest BCUT2D eigenvalue weighted by atomic mass is 9.90. The van der Waals surface area contributed by atoms with Crippen molar-refractivity contribution in [1.29, 1.82) is 0 Å². The van der Waals surface area contributed by atoms with Crippen LogP contribution in [0.2, 0.25) is 5.02 Å². The number of nitrogens with zero attached hydrogens (tertiary/aromatic N) is 1. The van der Waals surface area contributed by atoms with Crippen LogP contribution < -0.4 is 5.43 Å². The molecule has 0 unspecified atom stereocenters. The van der Waals surface area contributed by atoms with Crippen LogP contribution in [0.15, 0.2) is 29.4 Å². The lowest BCUT2D eigenvalue weighted by Crippen LogP contribution is -2.20. The average Bonchev–Trinajstić information content (AvgIpc) is 3.02. The van der Waals surface area contributed by atoms with Gasteiger partial charge in [0.25, 0.3) is 5.91 Å². The van der Waals surface area contributed by atoms with Gasteiger partial charge in [-0.25, -0.2) is 5.43 Å². The van der Waals surface area contributed by atoms with Crippen molar-refractivity contribution in [2.75, 3.05) is 0 Å². The molecular formula is C15H17ClN2O. The standard InChI is InChI=1S/C15H17ClN2O/c16-14-5-3-11(4-6-14)15(19)18-17-9-13-8-10-1-2-12(13)7-10/h3-6,9-10,12-13H,1-2,7-8H2,(H,18,19)/b17-9-/t10-,12+,13-/m0/s1. The van der Waals surface area contributed by atoms with E-state index in [1.165, 1.54) is 25.7 Å². The van der Waals surface area contributed by atoms with Gasteiger partial charge in [-0.15, -0.1) is 0 Å². The molecule has 0 heterocycles. The van der Waals surface area contributed by atoms with Crippen LogP contribution in [-0.2, 0) is 0 Å². The zero-order valence-corrected chi connectivity index (χ0v) is 11.4.